The zero-order chi connectivity index (χ0) is 16.5. The second-order valence-electron chi connectivity index (χ2n) is 6.69. The van der Waals surface area contributed by atoms with Gasteiger partial charge in [-0.05, 0) is 29.8 Å². The molecule has 4 nitrogen and oxygen atoms in total. The average Bonchev–Trinajstić information content (AvgIpc) is 3.15. The van der Waals surface area contributed by atoms with Crippen LogP contribution in [0.4, 0.5) is 5.69 Å². The highest BCUT2D eigenvalue weighted by molar-refractivity contribution is 5.98. The summed E-state index contributed by atoms with van der Waals surface area (Å²) in [6.07, 6.45) is 0. The molecule has 0 saturated carbocycles. The van der Waals surface area contributed by atoms with Crippen LogP contribution in [0.2, 0.25) is 0 Å². The molecule has 4 rings (SSSR count). The summed E-state index contributed by atoms with van der Waals surface area (Å²) in [7, 11) is 1.68. The highest BCUT2D eigenvalue weighted by atomic mass is 16.5. The second kappa shape index (κ2) is 6.29. The van der Waals surface area contributed by atoms with Crippen molar-refractivity contribution < 1.29 is 9.53 Å². The third-order valence-corrected chi connectivity index (χ3v) is 5.15. The Bertz CT molecular complexity index is 714. The van der Waals surface area contributed by atoms with Crippen LogP contribution in [-0.4, -0.2) is 37.6 Å². The zero-order valence-electron chi connectivity index (χ0n) is 13.9. The van der Waals surface area contributed by atoms with Crippen molar-refractivity contribution in [1.82, 2.24) is 4.90 Å². The predicted octanol–water partition coefficient (Wildman–Crippen LogP) is 2.79. The third kappa shape index (κ3) is 2.78. The summed E-state index contributed by atoms with van der Waals surface area (Å²) in [5.41, 5.74) is 2.29. The van der Waals surface area contributed by atoms with Crippen molar-refractivity contribution in [3.05, 3.63) is 60.2 Å². The number of hydrogen-bond acceptors (Lipinski definition) is 3. The maximum Gasteiger partial charge on any atom is 0.231 e. The Kier molecular flexibility index (Phi) is 3.98. The van der Waals surface area contributed by atoms with E-state index in [1.54, 1.807) is 7.11 Å². The van der Waals surface area contributed by atoms with Crippen LogP contribution in [0.1, 0.15) is 5.56 Å². The van der Waals surface area contributed by atoms with Gasteiger partial charge in [-0.25, -0.2) is 0 Å². The summed E-state index contributed by atoms with van der Waals surface area (Å²) in [4.78, 5) is 17.1. The van der Waals surface area contributed by atoms with Crippen LogP contribution in [0.25, 0.3) is 0 Å². The van der Waals surface area contributed by atoms with E-state index in [0.717, 1.165) is 37.6 Å². The van der Waals surface area contributed by atoms with E-state index < -0.39 is 0 Å². The van der Waals surface area contributed by atoms with Crippen LogP contribution in [0.3, 0.4) is 0 Å². The second-order valence-corrected chi connectivity index (χ2v) is 6.69. The first-order valence-corrected chi connectivity index (χ1v) is 8.46. The molecule has 0 radical (unpaired) electrons. The van der Waals surface area contributed by atoms with Crippen molar-refractivity contribution in [2.24, 2.45) is 11.8 Å². The fourth-order valence-corrected chi connectivity index (χ4v) is 3.91. The van der Waals surface area contributed by atoms with Crippen LogP contribution >= 0.6 is 0 Å². The fraction of sp³-hybridized carbons (Fsp3) is 0.350. The molecule has 124 valence electrons. The van der Waals surface area contributed by atoms with Gasteiger partial charge in [-0.15, -0.1) is 0 Å². The monoisotopic (exact) mass is 322 g/mol. The molecule has 2 unspecified atom stereocenters. The Morgan fingerprint density at radius 2 is 1.75 bits per heavy atom. The van der Waals surface area contributed by atoms with Crippen LogP contribution < -0.4 is 9.64 Å². The summed E-state index contributed by atoms with van der Waals surface area (Å²) >= 11 is 0. The molecule has 2 aromatic carbocycles. The van der Waals surface area contributed by atoms with Gasteiger partial charge in [-0.3, -0.25) is 9.69 Å². The number of anilines is 1. The number of amides is 1. The van der Waals surface area contributed by atoms with Gasteiger partial charge in [0.15, 0.2) is 0 Å². The average molecular weight is 322 g/mol. The topological polar surface area (TPSA) is 32.8 Å². The predicted molar refractivity (Wildman–Crippen MR) is 94.0 cm³/mol. The minimum Gasteiger partial charge on any atom is -0.497 e. The van der Waals surface area contributed by atoms with E-state index in [2.05, 4.69) is 17.0 Å². The van der Waals surface area contributed by atoms with Crippen LogP contribution in [0, 0.1) is 11.8 Å². The first-order valence-electron chi connectivity index (χ1n) is 8.46. The summed E-state index contributed by atoms with van der Waals surface area (Å²) in [5, 5.41) is 0. The number of benzene rings is 2. The molecule has 2 aromatic rings. The first-order chi connectivity index (χ1) is 11.7. The maximum atomic E-state index is 12.8. The van der Waals surface area contributed by atoms with Gasteiger partial charge in [-0.2, -0.15) is 0 Å². The van der Waals surface area contributed by atoms with Gasteiger partial charge in [-0.1, -0.05) is 30.3 Å². The third-order valence-electron chi connectivity index (χ3n) is 5.15. The van der Waals surface area contributed by atoms with Gasteiger partial charge in [0, 0.05) is 37.8 Å². The van der Waals surface area contributed by atoms with Crippen molar-refractivity contribution in [2.45, 2.75) is 6.54 Å². The van der Waals surface area contributed by atoms with Crippen molar-refractivity contribution in [3.8, 4) is 5.75 Å². The molecule has 1 amide bonds. The Morgan fingerprint density at radius 3 is 2.42 bits per heavy atom. The van der Waals surface area contributed by atoms with Gasteiger partial charge >= 0.3 is 0 Å². The van der Waals surface area contributed by atoms with Crippen LogP contribution in [0.5, 0.6) is 5.75 Å². The molecule has 0 aliphatic carbocycles. The molecule has 2 aliphatic rings. The van der Waals surface area contributed by atoms with E-state index in [1.807, 2.05) is 47.4 Å². The maximum absolute atomic E-state index is 12.8. The fourth-order valence-electron chi connectivity index (χ4n) is 3.91. The normalized spacial score (nSPS) is 23.5. The Labute approximate surface area is 142 Å². The highest BCUT2D eigenvalue weighted by Gasteiger charge is 2.46. The lowest BCUT2D eigenvalue weighted by molar-refractivity contribution is -0.120. The highest BCUT2D eigenvalue weighted by Crippen LogP contribution is 2.35. The number of likely N-dealkylation sites (tertiary alicyclic amines) is 1. The molecule has 0 bridgehead atoms. The minimum atomic E-state index is 0.142. The number of carbonyl (C=O) groups excluding carboxylic acids is 1. The van der Waals surface area contributed by atoms with E-state index in [0.29, 0.717) is 5.92 Å². The molecule has 2 heterocycles. The molecular weight excluding hydrogens is 300 g/mol. The minimum absolute atomic E-state index is 0.142. The lowest BCUT2D eigenvalue weighted by Crippen LogP contribution is -2.32. The van der Waals surface area contributed by atoms with E-state index >= 15 is 0 Å². The standard InChI is InChI=1S/C20H22N2O2/c1-24-18-9-7-15(8-10-18)11-21-12-16-13-22(20(23)19(16)14-21)17-5-3-2-4-6-17/h2-10,16,19H,11-14H2,1H3. The number of methoxy groups -OCH3 is 1. The number of fused-ring (bicyclic) bond motifs is 1. The van der Waals surface area contributed by atoms with Gasteiger partial charge in [0.1, 0.15) is 5.75 Å². The van der Waals surface area contributed by atoms with E-state index in [1.165, 1.54) is 5.56 Å². The largest absolute Gasteiger partial charge is 0.497 e. The number of rotatable bonds is 4. The van der Waals surface area contributed by atoms with E-state index in [9.17, 15) is 4.79 Å². The molecule has 2 fully saturated rings. The Morgan fingerprint density at radius 1 is 1.00 bits per heavy atom. The summed E-state index contributed by atoms with van der Waals surface area (Å²) < 4.78 is 5.20. The van der Waals surface area contributed by atoms with Gasteiger partial charge in [0.25, 0.3) is 0 Å². The molecule has 24 heavy (non-hydrogen) atoms. The lowest BCUT2D eigenvalue weighted by atomic mass is 10.0. The van der Waals surface area contributed by atoms with Crippen molar-refractivity contribution in [2.75, 3.05) is 31.6 Å². The Hall–Kier alpha value is -2.33. The SMILES string of the molecule is COc1ccc(CN2CC3CN(c4ccccc4)C(=O)C3C2)cc1. The molecule has 2 atom stereocenters. The molecule has 0 spiro atoms. The van der Waals surface area contributed by atoms with Crippen molar-refractivity contribution in [1.29, 1.82) is 0 Å². The quantitative estimate of drug-likeness (QED) is 0.868. The number of carbonyl (C=O) groups is 1. The van der Waals surface area contributed by atoms with Gasteiger partial charge < -0.3 is 9.64 Å². The number of hydrogen-bond donors (Lipinski definition) is 0. The molecule has 2 aliphatic heterocycles. The Balaban J connectivity index is 1.40. The van der Waals surface area contributed by atoms with Crippen LogP contribution in [0.15, 0.2) is 54.6 Å². The zero-order valence-corrected chi connectivity index (χ0v) is 13.9. The lowest BCUT2D eigenvalue weighted by Gasteiger charge is -2.21. The van der Waals surface area contributed by atoms with Crippen molar-refractivity contribution in [3.63, 3.8) is 0 Å². The molecule has 2 saturated heterocycles. The summed E-state index contributed by atoms with van der Waals surface area (Å²) in [6, 6.07) is 18.2. The van der Waals surface area contributed by atoms with Gasteiger partial charge in [0.05, 0.1) is 13.0 Å². The number of para-hydroxylation sites is 1. The number of nitrogens with zero attached hydrogens (tertiary/aromatic N) is 2. The van der Waals surface area contributed by atoms with Crippen molar-refractivity contribution >= 4 is 11.6 Å². The summed E-state index contributed by atoms with van der Waals surface area (Å²) in [6.45, 7) is 3.59. The molecule has 0 N–H and O–H groups in total. The number of ether oxygens (including phenoxy) is 1. The molecule has 0 aromatic heterocycles. The summed E-state index contributed by atoms with van der Waals surface area (Å²) in [5.74, 6) is 1.74. The molecular formula is C20H22N2O2. The van der Waals surface area contributed by atoms with E-state index in [-0.39, 0.29) is 11.8 Å². The van der Waals surface area contributed by atoms with Crippen LogP contribution in [-0.2, 0) is 11.3 Å². The van der Waals surface area contributed by atoms with Gasteiger partial charge in [0.2, 0.25) is 5.91 Å². The first kappa shape index (κ1) is 15.2. The molecule has 4 heteroatoms. The smallest absolute Gasteiger partial charge is 0.231 e. The van der Waals surface area contributed by atoms with E-state index in [4.69, 9.17) is 4.74 Å².